The van der Waals surface area contributed by atoms with Crippen molar-refractivity contribution in [1.29, 1.82) is 0 Å². The van der Waals surface area contributed by atoms with Gasteiger partial charge in [-0.05, 0) is 51.2 Å². The Bertz CT molecular complexity index is 542. The van der Waals surface area contributed by atoms with Crippen LogP contribution in [-0.2, 0) is 23.7 Å². The third-order valence-corrected chi connectivity index (χ3v) is 4.42. The summed E-state index contributed by atoms with van der Waals surface area (Å²) in [5, 5.41) is 3.38. The van der Waals surface area contributed by atoms with E-state index in [1.165, 1.54) is 0 Å². The number of methoxy groups -OCH3 is 1. The minimum Gasteiger partial charge on any atom is -0.461 e. The first-order chi connectivity index (χ1) is 12.4. The van der Waals surface area contributed by atoms with Gasteiger partial charge in [-0.25, -0.2) is 4.79 Å². The van der Waals surface area contributed by atoms with Crippen LogP contribution in [0.25, 0.3) is 0 Å². The van der Waals surface area contributed by atoms with Crippen molar-refractivity contribution in [2.75, 3.05) is 33.5 Å². The van der Waals surface area contributed by atoms with Gasteiger partial charge in [-0.1, -0.05) is 0 Å². The van der Waals surface area contributed by atoms with Crippen molar-refractivity contribution in [2.24, 2.45) is 5.73 Å². The molecule has 0 radical (unpaired) electrons. The maximum absolute atomic E-state index is 12.2. The fourth-order valence-electron chi connectivity index (χ4n) is 3.04. The number of nitrogens with two attached hydrogens (primary N) is 1. The van der Waals surface area contributed by atoms with Crippen molar-refractivity contribution in [2.45, 2.75) is 57.8 Å². The number of hydrogen-bond acceptors (Lipinski definition) is 7. The summed E-state index contributed by atoms with van der Waals surface area (Å²) in [4.78, 5) is 12.2. The second kappa shape index (κ2) is 9.94. The van der Waals surface area contributed by atoms with Gasteiger partial charge in [-0.15, -0.1) is 0 Å². The van der Waals surface area contributed by atoms with E-state index in [1.807, 2.05) is 19.9 Å². The molecule has 1 unspecified atom stereocenters. The highest BCUT2D eigenvalue weighted by atomic mass is 16.7. The highest BCUT2D eigenvalue weighted by molar-refractivity contribution is 5.88. The molecule has 2 rings (SSSR count). The number of carbonyl (C=O) groups excluding carboxylic acids is 1. The summed E-state index contributed by atoms with van der Waals surface area (Å²) in [5.74, 6) is -1.02. The molecule has 0 bridgehead atoms. The van der Waals surface area contributed by atoms with Gasteiger partial charge in [0.15, 0.2) is 5.79 Å². The van der Waals surface area contributed by atoms with Crippen LogP contribution in [0.1, 0.15) is 46.0 Å². The second-order valence-electron chi connectivity index (χ2n) is 7.11. The molecule has 0 saturated carbocycles. The number of allylic oxidation sites excluding steroid dienone is 3. The predicted octanol–water partition coefficient (Wildman–Crippen LogP) is 1.98. The van der Waals surface area contributed by atoms with Gasteiger partial charge in [0.05, 0.1) is 19.3 Å². The van der Waals surface area contributed by atoms with Gasteiger partial charge in [0, 0.05) is 32.4 Å². The topological polar surface area (TPSA) is 92.0 Å². The Balaban J connectivity index is 1.79. The number of esters is 1. The average Bonchev–Trinajstić information content (AvgIpc) is 2.97. The van der Waals surface area contributed by atoms with Gasteiger partial charge in [0.1, 0.15) is 5.70 Å². The van der Waals surface area contributed by atoms with Crippen molar-refractivity contribution in [3.8, 4) is 0 Å². The second-order valence-corrected chi connectivity index (χ2v) is 7.11. The molecule has 1 heterocycles. The lowest BCUT2D eigenvalue weighted by molar-refractivity contribution is -0.145. The average molecular weight is 368 g/mol. The molecule has 1 atom stereocenters. The summed E-state index contributed by atoms with van der Waals surface area (Å²) in [5.41, 5.74) is 8.18. The zero-order chi connectivity index (χ0) is 19.0. The van der Waals surface area contributed by atoms with Gasteiger partial charge in [-0.2, -0.15) is 0 Å². The first-order valence-electron chi connectivity index (χ1n) is 9.32. The number of nitrogens with one attached hydrogen (secondary N) is 1. The lowest BCUT2D eigenvalue weighted by Gasteiger charge is -2.19. The number of hydrogen-bond donors (Lipinski definition) is 2. The fraction of sp³-hybridized carbons (Fsp3) is 0.737. The van der Waals surface area contributed by atoms with E-state index >= 15 is 0 Å². The maximum atomic E-state index is 12.2. The Morgan fingerprint density at radius 3 is 2.88 bits per heavy atom. The van der Waals surface area contributed by atoms with Crippen molar-refractivity contribution < 1.29 is 23.7 Å². The predicted molar refractivity (Wildman–Crippen MR) is 98.1 cm³/mol. The Kier molecular flexibility index (Phi) is 7.93. The number of ether oxygens (including phenoxy) is 4. The SMILES string of the molecule is COCCCNC1=C/C(=C(/N)C(=O)OCCC2COC(C)(C)O2)CCC1. The van der Waals surface area contributed by atoms with Crippen LogP contribution in [0.5, 0.6) is 0 Å². The van der Waals surface area contributed by atoms with E-state index in [-0.39, 0.29) is 18.4 Å². The molecule has 0 aromatic heterocycles. The van der Waals surface area contributed by atoms with E-state index in [1.54, 1.807) is 7.11 Å². The smallest absolute Gasteiger partial charge is 0.354 e. The standard InChI is InChI=1S/C19H32N2O5/c1-19(2)25-13-16(26-19)8-11-24-18(22)17(20)14-6-4-7-15(12-14)21-9-5-10-23-3/h12,16,21H,4-11,13,20H2,1-3H3/b17-14+. The molecular formula is C19H32N2O5. The molecule has 1 aliphatic carbocycles. The molecule has 1 aliphatic heterocycles. The molecule has 1 saturated heterocycles. The van der Waals surface area contributed by atoms with Crippen LogP contribution >= 0.6 is 0 Å². The summed E-state index contributed by atoms with van der Waals surface area (Å²) in [7, 11) is 1.69. The molecule has 148 valence electrons. The summed E-state index contributed by atoms with van der Waals surface area (Å²) < 4.78 is 21.5. The minimum absolute atomic E-state index is 0.0517. The van der Waals surface area contributed by atoms with Crippen molar-refractivity contribution in [3.63, 3.8) is 0 Å². The van der Waals surface area contributed by atoms with Gasteiger partial charge in [0.2, 0.25) is 0 Å². The Labute approximate surface area is 155 Å². The zero-order valence-corrected chi connectivity index (χ0v) is 16.1. The molecule has 3 N–H and O–H groups in total. The van der Waals surface area contributed by atoms with E-state index in [4.69, 9.17) is 24.7 Å². The van der Waals surface area contributed by atoms with E-state index in [0.29, 0.717) is 13.0 Å². The molecular weight excluding hydrogens is 336 g/mol. The van der Waals surface area contributed by atoms with Crippen LogP contribution in [0.3, 0.4) is 0 Å². The van der Waals surface area contributed by atoms with Gasteiger partial charge < -0.3 is 30.0 Å². The number of rotatable bonds is 9. The molecule has 0 amide bonds. The third-order valence-electron chi connectivity index (χ3n) is 4.42. The third kappa shape index (κ3) is 6.63. The lowest BCUT2D eigenvalue weighted by atomic mass is 9.97. The zero-order valence-electron chi connectivity index (χ0n) is 16.1. The molecule has 7 nitrogen and oxygen atoms in total. The quantitative estimate of drug-likeness (QED) is 0.365. The van der Waals surface area contributed by atoms with Crippen molar-refractivity contribution in [3.05, 3.63) is 23.0 Å². The first kappa shape index (κ1) is 20.7. The molecule has 2 aliphatic rings. The monoisotopic (exact) mass is 368 g/mol. The van der Waals surface area contributed by atoms with E-state index in [9.17, 15) is 4.79 Å². The van der Waals surface area contributed by atoms with Crippen LogP contribution in [0.2, 0.25) is 0 Å². The van der Waals surface area contributed by atoms with E-state index in [0.717, 1.165) is 50.1 Å². The summed E-state index contributed by atoms with van der Waals surface area (Å²) >= 11 is 0. The fourth-order valence-corrected chi connectivity index (χ4v) is 3.04. The normalized spacial score (nSPS) is 24.1. The minimum atomic E-state index is -0.560. The molecule has 26 heavy (non-hydrogen) atoms. The van der Waals surface area contributed by atoms with Crippen LogP contribution in [0.15, 0.2) is 23.0 Å². The Hall–Kier alpha value is -1.57. The first-order valence-corrected chi connectivity index (χ1v) is 9.32. The van der Waals surface area contributed by atoms with Gasteiger partial charge in [0.25, 0.3) is 0 Å². The largest absolute Gasteiger partial charge is 0.461 e. The summed E-state index contributed by atoms with van der Waals surface area (Å²) in [6.07, 6.45) is 6.18. The maximum Gasteiger partial charge on any atom is 0.354 e. The lowest BCUT2D eigenvalue weighted by Crippen LogP contribution is -2.24. The van der Waals surface area contributed by atoms with Gasteiger partial charge in [-0.3, -0.25) is 0 Å². The Morgan fingerprint density at radius 2 is 2.19 bits per heavy atom. The Morgan fingerprint density at radius 1 is 1.38 bits per heavy atom. The molecule has 1 fully saturated rings. The van der Waals surface area contributed by atoms with E-state index in [2.05, 4.69) is 5.32 Å². The summed E-state index contributed by atoms with van der Waals surface area (Å²) in [6.45, 7) is 6.10. The highest BCUT2D eigenvalue weighted by Gasteiger charge is 2.32. The van der Waals surface area contributed by atoms with Crippen molar-refractivity contribution >= 4 is 5.97 Å². The van der Waals surface area contributed by atoms with Crippen molar-refractivity contribution in [1.82, 2.24) is 5.32 Å². The van der Waals surface area contributed by atoms with E-state index < -0.39 is 11.8 Å². The van der Waals surface area contributed by atoms with Crippen LogP contribution in [0.4, 0.5) is 0 Å². The molecule has 7 heteroatoms. The molecule has 0 spiro atoms. The van der Waals surface area contributed by atoms with Crippen LogP contribution < -0.4 is 11.1 Å². The number of carbonyl (C=O) groups is 1. The van der Waals surface area contributed by atoms with Crippen LogP contribution in [0, 0.1) is 0 Å². The van der Waals surface area contributed by atoms with Gasteiger partial charge >= 0.3 is 5.97 Å². The summed E-state index contributed by atoms with van der Waals surface area (Å²) in [6, 6.07) is 0. The van der Waals surface area contributed by atoms with Crippen LogP contribution in [-0.4, -0.2) is 51.3 Å². The molecule has 0 aromatic rings. The molecule has 0 aromatic carbocycles. The highest BCUT2D eigenvalue weighted by Crippen LogP contribution is 2.25.